The van der Waals surface area contributed by atoms with Crippen LogP contribution >= 0.6 is 0 Å². The van der Waals surface area contributed by atoms with Gasteiger partial charge in [-0.05, 0) is 51.7 Å². The van der Waals surface area contributed by atoms with E-state index in [4.69, 9.17) is 4.74 Å². The van der Waals surface area contributed by atoms with Crippen LogP contribution in [0.1, 0.15) is 55.3 Å². The van der Waals surface area contributed by atoms with E-state index in [0.717, 1.165) is 45.6 Å². The Labute approximate surface area is 151 Å². The molecule has 1 aromatic rings. The van der Waals surface area contributed by atoms with E-state index in [1.54, 1.807) is 10.9 Å². The van der Waals surface area contributed by atoms with E-state index in [1.807, 2.05) is 13.2 Å². The average Bonchev–Trinajstić information content (AvgIpc) is 2.91. The second-order valence-corrected chi connectivity index (χ2v) is 7.35. The second-order valence-electron chi connectivity index (χ2n) is 7.35. The molecule has 2 aliphatic heterocycles. The molecule has 0 saturated carbocycles. The van der Waals surface area contributed by atoms with Gasteiger partial charge in [0.05, 0.1) is 11.8 Å². The number of aromatic nitrogens is 2. The van der Waals surface area contributed by atoms with Gasteiger partial charge < -0.3 is 14.5 Å². The van der Waals surface area contributed by atoms with Gasteiger partial charge in [-0.1, -0.05) is 12.8 Å². The van der Waals surface area contributed by atoms with Gasteiger partial charge in [-0.15, -0.1) is 0 Å². The molecular formula is C19H32N4O2. The Hall–Kier alpha value is -1.40. The molecule has 3 rings (SSSR count). The largest absolute Gasteiger partial charge is 0.381 e. The minimum absolute atomic E-state index is 0.121. The van der Waals surface area contributed by atoms with E-state index in [0.29, 0.717) is 11.6 Å². The van der Waals surface area contributed by atoms with Crippen molar-refractivity contribution < 1.29 is 9.53 Å². The highest BCUT2D eigenvalue weighted by Crippen LogP contribution is 2.18. The smallest absolute Gasteiger partial charge is 0.257 e. The van der Waals surface area contributed by atoms with Crippen LogP contribution in [-0.4, -0.2) is 70.9 Å². The van der Waals surface area contributed by atoms with Gasteiger partial charge in [0.25, 0.3) is 5.91 Å². The van der Waals surface area contributed by atoms with Gasteiger partial charge in [0.2, 0.25) is 0 Å². The summed E-state index contributed by atoms with van der Waals surface area (Å²) in [5.74, 6) is 0.121. The van der Waals surface area contributed by atoms with Crippen LogP contribution in [0.3, 0.4) is 0 Å². The van der Waals surface area contributed by atoms with Crippen LogP contribution in [0.5, 0.6) is 0 Å². The molecular weight excluding hydrogens is 316 g/mol. The molecule has 0 unspecified atom stereocenters. The zero-order valence-electron chi connectivity index (χ0n) is 15.5. The normalized spacial score (nSPS) is 20.4. The van der Waals surface area contributed by atoms with Crippen LogP contribution in [0.15, 0.2) is 12.4 Å². The molecule has 140 valence electrons. The molecule has 0 aromatic carbocycles. The number of carbonyl (C=O) groups is 1. The molecule has 0 N–H and O–H groups in total. The Bertz CT molecular complexity index is 531. The van der Waals surface area contributed by atoms with E-state index < -0.39 is 0 Å². The molecule has 2 fully saturated rings. The number of ether oxygens (including phenoxy) is 1. The fourth-order valence-corrected chi connectivity index (χ4v) is 3.97. The topological polar surface area (TPSA) is 50.6 Å². The summed E-state index contributed by atoms with van der Waals surface area (Å²) >= 11 is 0. The third-order valence-electron chi connectivity index (χ3n) is 5.42. The van der Waals surface area contributed by atoms with Crippen molar-refractivity contribution in [2.45, 2.75) is 51.0 Å². The summed E-state index contributed by atoms with van der Waals surface area (Å²) in [5.41, 5.74) is 0.698. The fraction of sp³-hybridized carbons (Fsp3) is 0.789. The first-order chi connectivity index (χ1) is 12.2. The number of aryl methyl sites for hydroxylation is 1. The summed E-state index contributed by atoms with van der Waals surface area (Å²) in [4.78, 5) is 17.7. The molecule has 6 heteroatoms. The minimum atomic E-state index is 0.121. The van der Waals surface area contributed by atoms with Crippen LogP contribution in [0.4, 0.5) is 0 Å². The Morgan fingerprint density at radius 1 is 1.24 bits per heavy atom. The van der Waals surface area contributed by atoms with E-state index in [1.165, 1.54) is 38.8 Å². The van der Waals surface area contributed by atoms with Gasteiger partial charge in [-0.3, -0.25) is 9.48 Å². The van der Waals surface area contributed by atoms with Gasteiger partial charge in [0.1, 0.15) is 0 Å². The van der Waals surface area contributed by atoms with Crippen molar-refractivity contribution in [2.24, 2.45) is 7.05 Å². The minimum Gasteiger partial charge on any atom is -0.381 e. The summed E-state index contributed by atoms with van der Waals surface area (Å²) in [5, 5.41) is 4.17. The first-order valence-corrected chi connectivity index (χ1v) is 9.84. The van der Waals surface area contributed by atoms with Gasteiger partial charge in [-0.25, -0.2) is 0 Å². The highest BCUT2D eigenvalue weighted by molar-refractivity contribution is 5.94. The van der Waals surface area contributed by atoms with Crippen molar-refractivity contribution in [2.75, 3.05) is 39.4 Å². The SMILES string of the molecule is Cn1cc(C(=O)N(CCCN2CCCCCC2)C2CCOCC2)cn1. The number of nitrogens with zero attached hydrogens (tertiary/aromatic N) is 4. The first-order valence-electron chi connectivity index (χ1n) is 9.84. The van der Waals surface area contributed by atoms with Gasteiger partial charge in [-0.2, -0.15) is 5.10 Å². The summed E-state index contributed by atoms with van der Waals surface area (Å²) in [6.07, 6.45) is 11.8. The van der Waals surface area contributed by atoms with Crippen LogP contribution in [0.2, 0.25) is 0 Å². The van der Waals surface area contributed by atoms with Crippen molar-refractivity contribution in [3.05, 3.63) is 18.0 Å². The molecule has 3 heterocycles. The van der Waals surface area contributed by atoms with Gasteiger partial charge in [0.15, 0.2) is 0 Å². The third-order valence-corrected chi connectivity index (χ3v) is 5.42. The van der Waals surface area contributed by atoms with E-state index in [2.05, 4.69) is 14.9 Å². The number of rotatable bonds is 6. The second kappa shape index (κ2) is 9.34. The molecule has 6 nitrogen and oxygen atoms in total. The molecule has 0 aliphatic carbocycles. The van der Waals surface area contributed by atoms with Crippen LogP contribution in [0.25, 0.3) is 0 Å². The predicted molar refractivity (Wildman–Crippen MR) is 97.6 cm³/mol. The summed E-state index contributed by atoms with van der Waals surface area (Å²) < 4.78 is 7.19. The maximum Gasteiger partial charge on any atom is 0.257 e. The Kier molecular flexibility index (Phi) is 6.87. The molecule has 1 amide bonds. The average molecular weight is 348 g/mol. The fourth-order valence-electron chi connectivity index (χ4n) is 3.97. The van der Waals surface area contributed by atoms with Gasteiger partial charge >= 0.3 is 0 Å². The lowest BCUT2D eigenvalue weighted by Gasteiger charge is -2.34. The molecule has 0 atom stereocenters. The number of hydrogen-bond acceptors (Lipinski definition) is 4. The molecule has 25 heavy (non-hydrogen) atoms. The quantitative estimate of drug-likeness (QED) is 0.792. The molecule has 2 aliphatic rings. The molecule has 2 saturated heterocycles. The Morgan fingerprint density at radius 3 is 2.60 bits per heavy atom. The number of carbonyl (C=O) groups excluding carboxylic acids is 1. The lowest BCUT2D eigenvalue weighted by Crippen LogP contribution is -2.44. The van der Waals surface area contributed by atoms with Crippen molar-refractivity contribution in [3.8, 4) is 0 Å². The zero-order valence-corrected chi connectivity index (χ0v) is 15.5. The maximum atomic E-state index is 13.0. The molecule has 0 radical (unpaired) electrons. The van der Waals surface area contributed by atoms with E-state index >= 15 is 0 Å². The summed E-state index contributed by atoms with van der Waals surface area (Å²) in [6.45, 7) is 5.87. The lowest BCUT2D eigenvalue weighted by molar-refractivity contribution is 0.0280. The van der Waals surface area contributed by atoms with Crippen molar-refractivity contribution >= 4 is 5.91 Å². The number of hydrogen-bond donors (Lipinski definition) is 0. The molecule has 0 bridgehead atoms. The Balaban J connectivity index is 1.58. The van der Waals surface area contributed by atoms with E-state index in [-0.39, 0.29) is 5.91 Å². The summed E-state index contributed by atoms with van der Waals surface area (Å²) in [6, 6.07) is 0.297. The highest BCUT2D eigenvalue weighted by Gasteiger charge is 2.27. The summed E-state index contributed by atoms with van der Waals surface area (Å²) in [7, 11) is 1.86. The van der Waals surface area contributed by atoms with Crippen molar-refractivity contribution in [3.63, 3.8) is 0 Å². The third kappa shape index (κ3) is 5.28. The van der Waals surface area contributed by atoms with Gasteiger partial charge in [0, 0.05) is 39.0 Å². The zero-order chi connectivity index (χ0) is 17.5. The lowest BCUT2D eigenvalue weighted by atomic mass is 10.1. The number of amides is 1. The molecule has 1 aromatic heterocycles. The molecule has 0 spiro atoms. The van der Waals surface area contributed by atoms with Crippen LogP contribution in [0, 0.1) is 0 Å². The number of likely N-dealkylation sites (tertiary alicyclic amines) is 1. The van der Waals surface area contributed by atoms with Crippen LogP contribution < -0.4 is 0 Å². The Morgan fingerprint density at radius 2 is 1.96 bits per heavy atom. The predicted octanol–water partition coefficient (Wildman–Crippen LogP) is 2.31. The highest BCUT2D eigenvalue weighted by atomic mass is 16.5. The van der Waals surface area contributed by atoms with Crippen molar-refractivity contribution in [1.29, 1.82) is 0 Å². The van der Waals surface area contributed by atoms with Crippen LogP contribution in [-0.2, 0) is 11.8 Å². The monoisotopic (exact) mass is 348 g/mol. The van der Waals surface area contributed by atoms with E-state index in [9.17, 15) is 4.79 Å². The standard InChI is InChI=1S/C19H32N4O2/c1-21-16-17(15-20-21)19(24)23(18-7-13-25-14-8-18)12-6-11-22-9-4-2-3-5-10-22/h15-16,18H,2-14H2,1H3. The van der Waals surface area contributed by atoms with Crippen molar-refractivity contribution in [1.82, 2.24) is 19.6 Å². The first kappa shape index (κ1) is 18.4. The maximum absolute atomic E-state index is 13.0.